The largest absolute Gasteiger partial charge is 0.379 e. The van der Waals surface area contributed by atoms with Crippen LogP contribution in [0.25, 0.3) is 0 Å². The highest BCUT2D eigenvalue weighted by molar-refractivity contribution is 5.10. The summed E-state index contributed by atoms with van der Waals surface area (Å²) in [7, 11) is 0. The number of rotatable bonds is 6. The smallest absolute Gasteiger partial charge is 0.0594 e. The molecule has 0 amide bonds. The standard InChI is InChI=1S/C31H55NO/c1-22(2)7-6-8-23(3)27-11-12-28-26-10-9-24-21-25(32-17-19-33-20-18-32)13-15-30(24,4)29(26)14-16-31(27,28)5/h22-29H,6-21H2,1-5H3/t23-,24?,25?,26?,27?,28?,29?,30+,31-/m1/s1. The molecule has 4 saturated carbocycles. The molecule has 5 aliphatic rings. The zero-order chi connectivity index (χ0) is 23.2. The Hall–Kier alpha value is -0.0800. The Morgan fingerprint density at radius 2 is 1.55 bits per heavy atom. The van der Waals surface area contributed by atoms with Crippen LogP contribution in [-0.2, 0) is 4.74 Å². The van der Waals surface area contributed by atoms with Crippen molar-refractivity contribution in [2.75, 3.05) is 26.3 Å². The second-order valence-corrected chi connectivity index (χ2v) is 14.3. The SMILES string of the molecule is CC(C)CCC[C@@H](C)C1CCC2C3CCC4CC(N5CCOCC5)CC[C@]4(C)C3CC[C@@]21C. The molecule has 1 heterocycles. The van der Waals surface area contributed by atoms with E-state index in [2.05, 4.69) is 39.5 Å². The first-order valence-electron chi connectivity index (χ1n) is 15.1. The molecule has 0 radical (unpaired) electrons. The van der Waals surface area contributed by atoms with Crippen molar-refractivity contribution < 1.29 is 4.74 Å². The summed E-state index contributed by atoms with van der Waals surface area (Å²) >= 11 is 0. The first-order valence-corrected chi connectivity index (χ1v) is 15.1. The van der Waals surface area contributed by atoms with E-state index >= 15 is 0 Å². The number of hydrogen-bond donors (Lipinski definition) is 0. The van der Waals surface area contributed by atoms with Gasteiger partial charge < -0.3 is 4.74 Å². The molecule has 2 heteroatoms. The Morgan fingerprint density at radius 3 is 2.30 bits per heavy atom. The fourth-order valence-corrected chi connectivity index (χ4v) is 10.5. The van der Waals surface area contributed by atoms with Gasteiger partial charge in [-0.3, -0.25) is 4.90 Å². The minimum absolute atomic E-state index is 0.633. The van der Waals surface area contributed by atoms with Gasteiger partial charge in [0.1, 0.15) is 0 Å². The highest BCUT2D eigenvalue weighted by Gasteiger charge is 2.60. The van der Waals surface area contributed by atoms with Crippen molar-refractivity contribution >= 4 is 0 Å². The summed E-state index contributed by atoms with van der Waals surface area (Å²) in [5.41, 5.74) is 1.28. The van der Waals surface area contributed by atoms with Crippen LogP contribution in [0.1, 0.15) is 112 Å². The Morgan fingerprint density at radius 1 is 0.818 bits per heavy atom. The monoisotopic (exact) mass is 457 g/mol. The Bertz CT molecular complexity index is 655. The van der Waals surface area contributed by atoms with Crippen LogP contribution in [0.2, 0.25) is 0 Å². The maximum absolute atomic E-state index is 5.65. The molecule has 6 unspecified atom stereocenters. The maximum Gasteiger partial charge on any atom is 0.0594 e. The molecular weight excluding hydrogens is 402 g/mol. The molecule has 4 aliphatic carbocycles. The zero-order valence-corrected chi connectivity index (χ0v) is 22.8. The summed E-state index contributed by atoms with van der Waals surface area (Å²) in [4.78, 5) is 2.79. The number of morpholine rings is 1. The van der Waals surface area contributed by atoms with Crippen LogP contribution >= 0.6 is 0 Å². The van der Waals surface area contributed by atoms with Crippen LogP contribution in [-0.4, -0.2) is 37.2 Å². The van der Waals surface area contributed by atoms with Gasteiger partial charge in [0.2, 0.25) is 0 Å². The molecule has 0 aromatic heterocycles. The number of hydrogen-bond acceptors (Lipinski definition) is 2. The van der Waals surface area contributed by atoms with Gasteiger partial charge in [-0.1, -0.05) is 53.9 Å². The van der Waals surface area contributed by atoms with Crippen LogP contribution < -0.4 is 0 Å². The van der Waals surface area contributed by atoms with Gasteiger partial charge in [0, 0.05) is 19.1 Å². The van der Waals surface area contributed by atoms with E-state index in [-0.39, 0.29) is 0 Å². The van der Waals surface area contributed by atoms with Gasteiger partial charge in [0.15, 0.2) is 0 Å². The number of nitrogens with zero attached hydrogens (tertiary/aromatic N) is 1. The molecule has 5 rings (SSSR count). The third-order valence-electron chi connectivity index (χ3n) is 12.4. The summed E-state index contributed by atoms with van der Waals surface area (Å²) < 4.78 is 5.65. The first-order chi connectivity index (χ1) is 15.8. The molecule has 0 spiro atoms. The lowest BCUT2D eigenvalue weighted by molar-refractivity contribution is -0.127. The van der Waals surface area contributed by atoms with Gasteiger partial charge in [0.05, 0.1) is 13.2 Å². The van der Waals surface area contributed by atoms with Crippen LogP contribution in [0.4, 0.5) is 0 Å². The van der Waals surface area contributed by atoms with Gasteiger partial charge in [-0.2, -0.15) is 0 Å². The van der Waals surface area contributed by atoms with Crippen LogP contribution in [0.5, 0.6) is 0 Å². The minimum Gasteiger partial charge on any atom is -0.379 e. The van der Waals surface area contributed by atoms with Crippen LogP contribution in [0, 0.1) is 52.3 Å². The Balaban J connectivity index is 1.24. The summed E-state index contributed by atoms with van der Waals surface area (Å²) in [5.74, 6) is 6.88. The van der Waals surface area contributed by atoms with E-state index in [1.54, 1.807) is 19.3 Å². The van der Waals surface area contributed by atoms with E-state index < -0.39 is 0 Å². The second kappa shape index (κ2) is 9.76. The van der Waals surface area contributed by atoms with E-state index in [9.17, 15) is 0 Å². The average molecular weight is 458 g/mol. The Labute approximate surface area is 206 Å². The van der Waals surface area contributed by atoms with Crippen LogP contribution in [0.15, 0.2) is 0 Å². The third kappa shape index (κ3) is 4.47. The summed E-state index contributed by atoms with van der Waals surface area (Å²) in [5, 5.41) is 0. The molecule has 0 N–H and O–H groups in total. The molecule has 5 fully saturated rings. The lowest BCUT2D eigenvalue weighted by atomic mass is 9.44. The minimum atomic E-state index is 0.633. The van der Waals surface area contributed by atoms with Gasteiger partial charge in [-0.05, 0) is 110 Å². The average Bonchev–Trinajstić information content (AvgIpc) is 3.16. The molecule has 2 nitrogen and oxygen atoms in total. The molecule has 1 aliphatic heterocycles. The van der Waals surface area contributed by atoms with Crippen LogP contribution in [0.3, 0.4) is 0 Å². The molecular formula is C31H55NO. The second-order valence-electron chi connectivity index (χ2n) is 14.3. The van der Waals surface area contributed by atoms with Crippen molar-refractivity contribution in [3.63, 3.8) is 0 Å². The van der Waals surface area contributed by atoms with E-state index in [1.807, 2.05) is 0 Å². The van der Waals surface area contributed by atoms with Crippen molar-refractivity contribution in [3.8, 4) is 0 Å². The fraction of sp³-hybridized carbons (Fsp3) is 1.00. The molecule has 190 valence electrons. The topological polar surface area (TPSA) is 12.5 Å². The maximum atomic E-state index is 5.65. The molecule has 9 atom stereocenters. The fourth-order valence-electron chi connectivity index (χ4n) is 10.5. The van der Waals surface area contributed by atoms with Crippen molar-refractivity contribution in [1.29, 1.82) is 0 Å². The zero-order valence-electron chi connectivity index (χ0n) is 22.8. The first kappa shape index (κ1) is 24.6. The highest BCUT2D eigenvalue weighted by atomic mass is 16.5. The summed E-state index contributed by atoms with van der Waals surface area (Å²) in [6.07, 6.45) is 18.0. The van der Waals surface area contributed by atoms with Gasteiger partial charge in [-0.15, -0.1) is 0 Å². The van der Waals surface area contributed by atoms with E-state index in [4.69, 9.17) is 4.74 Å². The highest BCUT2D eigenvalue weighted by Crippen LogP contribution is 2.68. The van der Waals surface area contributed by atoms with Crippen molar-refractivity contribution in [2.24, 2.45) is 52.3 Å². The van der Waals surface area contributed by atoms with Gasteiger partial charge in [-0.25, -0.2) is 0 Å². The summed E-state index contributed by atoms with van der Waals surface area (Å²) in [6, 6.07) is 0.847. The lowest BCUT2D eigenvalue weighted by Crippen LogP contribution is -2.56. The molecule has 0 aromatic carbocycles. The third-order valence-corrected chi connectivity index (χ3v) is 12.4. The predicted molar refractivity (Wildman–Crippen MR) is 139 cm³/mol. The van der Waals surface area contributed by atoms with E-state index in [0.29, 0.717) is 10.8 Å². The number of ether oxygens (including phenoxy) is 1. The Kier molecular flexibility index (Phi) is 7.28. The molecule has 0 bridgehead atoms. The van der Waals surface area contributed by atoms with Gasteiger partial charge >= 0.3 is 0 Å². The molecule has 0 aromatic rings. The summed E-state index contributed by atoms with van der Waals surface area (Å²) in [6.45, 7) is 17.2. The normalized spacial score (nSPS) is 47.1. The quantitative estimate of drug-likeness (QED) is 0.403. The van der Waals surface area contributed by atoms with E-state index in [1.165, 1.54) is 70.9 Å². The van der Waals surface area contributed by atoms with Gasteiger partial charge in [0.25, 0.3) is 0 Å². The molecule has 1 saturated heterocycles. The van der Waals surface area contributed by atoms with Crippen molar-refractivity contribution in [2.45, 2.75) is 118 Å². The van der Waals surface area contributed by atoms with Crippen molar-refractivity contribution in [1.82, 2.24) is 4.90 Å². The molecule has 33 heavy (non-hydrogen) atoms. The number of fused-ring (bicyclic) bond motifs is 5. The van der Waals surface area contributed by atoms with E-state index in [0.717, 1.165) is 60.7 Å². The van der Waals surface area contributed by atoms with Crippen molar-refractivity contribution in [3.05, 3.63) is 0 Å². The lowest BCUT2D eigenvalue weighted by Gasteiger charge is -2.62. The predicted octanol–water partition coefficient (Wildman–Crippen LogP) is 7.81.